The zero-order chi connectivity index (χ0) is 18.8. The van der Waals surface area contributed by atoms with Crippen LogP contribution in [0.3, 0.4) is 0 Å². The van der Waals surface area contributed by atoms with Crippen LogP contribution >= 0.6 is 0 Å². The van der Waals surface area contributed by atoms with Crippen molar-refractivity contribution in [1.82, 2.24) is 19.8 Å². The number of nitrogens with one attached hydrogen (secondary N) is 1. The van der Waals surface area contributed by atoms with Crippen LogP contribution in [0.2, 0.25) is 0 Å². The van der Waals surface area contributed by atoms with Gasteiger partial charge in [0, 0.05) is 18.3 Å². The van der Waals surface area contributed by atoms with Crippen LogP contribution in [0.4, 0.5) is 0 Å². The number of carbonyl (C=O) groups excluding carboxylic acids is 1. The van der Waals surface area contributed by atoms with Gasteiger partial charge < -0.3 is 19.2 Å². The standard InChI is InChI=1S/C21H28N4O2/c1-15(2)25(16-6-4-3-5-7-16)21(26)20-9-8-17(27-20)12-24-11-10-18-19(13-24)23-14-22-18/h8-11,14-16H,3-7,12-13H2,1-2H3,(H,22,23). The molecule has 1 amide bonds. The van der Waals surface area contributed by atoms with Crippen molar-refractivity contribution >= 4 is 12.0 Å². The fourth-order valence-electron chi connectivity index (χ4n) is 4.23. The molecule has 2 aliphatic rings. The van der Waals surface area contributed by atoms with Crippen LogP contribution in [-0.4, -0.2) is 37.8 Å². The van der Waals surface area contributed by atoms with Crippen LogP contribution in [0.5, 0.6) is 0 Å². The summed E-state index contributed by atoms with van der Waals surface area (Å²) < 4.78 is 5.95. The number of furan rings is 1. The van der Waals surface area contributed by atoms with Gasteiger partial charge in [0.05, 0.1) is 30.8 Å². The average molecular weight is 368 g/mol. The summed E-state index contributed by atoms with van der Waals surface area (Å²) in [6, 6.07) is 4.26. The van der Waals surface area contributed by atoms with Gasteiger partial charge in [0.15, 0.2) is 5.76 Å². The lowest BCUT2D eigenvalue weighted by atomic mass is 9.93. The van der Waals surface area contributed by atoms with Gasteiger partial charge in [-0.15, -0.1) is 0 Å². The van der Waals surface area contributed by atoms with Gasteiger partial charge in [-0.25, -0.2) is 4.98 Å². The molecule has 0 aromatic carbocycles. The van der Waals surface area contributed by atoms with Gasteiger partial charge in [0.25, 0.3) is 5.91 Å². The van der Waals surface area contributed by atoms with E-state index in [-0.39, 0.29) is 11.9 Å². The van der Waals surface area contributed by atoms with E-state index in [1.807, 2.05) is 29.3 Å². The Bertz CT molecular complexity index is 814. The van der Waals surface area contributed by atoms with E-state index in [4.69, 9.17) is 4.42 Å². The second kappa shape index (κ2) is 7.62. The third kappa shape index (κ3) is 3.80. The Balaban J connectivity index is 1.44. The summed E-state index contributed by atoms with van der Waals surface area (Å²) in [5, 5.41) is 0. The van der Waals surface area contributed by atoms with Crippen LogP contribution in [0, 0.1) is 0 Å². The molecular formula is C21H28N4O2. The van der Waals surface area contributed by atoms with Gasteiger partial charge in [-0.05, 0) is 44.9 Å². The zero-order valence-corrected chi connectivity index (χ0v) is 16.1. The summed E-state index contributed by atoms with van der Waals surface area (Å²) in [5.74, 6) is 1.28. The van der Waals surface area contributed by atoms with E-state index < -0.39 is 0 Å². The number of aromatic nitrogens is 2. The number of rotatable bonds is 5. The number of fused-ring (bicyclic) bond motifs is 1. The first kappa shape index (κ1) is 17.9. The van der Waals surface area contributed by atoms with Crippen molar-refractivity contribution in [3.05, 3.63) is 47.6 Å². The van der Waals surface area contributed by atoms with Gasteiger partial charge in [-0.1, -0.05) is 19.3 Å². The summed E-state index contributed by atoms with van der Waals surface area (Å²) >= 11 is 0. The second-order valence-corrected chi connectivity index (χ2v) is 7.85. The summed E-state index contributed by atoms with van der Waals surface area (Å²) in [7, 11) is 0. The Kier molecular flexibility index (Phi) is 5.05. The number of H-pyrrole nitrogens is 1. The van der Waals surface area contributed by atoms with Crippen LogP contribution in [0.25, 0.3) is 6.08 Å². The third-order valence-electron chi connectivity index (χ3n) is 5.55. The summed E-state index contributed by atoms with van der Waals surface area (Å²) in [6.45, 7) is 5.58. The molecule has 1 aliphatic heterocycles. The van der Waals surface area contributed by atoms with E-state index in [1.165, 1.54) is 19.3 Å². The molecule has 0 radical (unpaired) electrons. The molecule has 144 valence electrons. The van der Waals surface area contributed by atoms with E-state index in [2.05, 4.69) is 28.7 Å². The van der Waals surface area contributed by atoms with Crippen molar-refractivity contribution in [2.75, 3.05) is 0 Å². The van der Waals surface area contributed by atoms with Crippen LogP contribution in [0.15, 0.2) is 29.1 Å². The SMILES string of the molecule is CC(C)N(C(=O)c1ccc(CN2C=Cc3nc[nH]c3C2)o1)C1CCCCC1. The molecule has 0 saturated heterocycles. The molecule has 6 heteroatoms. The van der Waals surface area contributed by atoms with E-state index in [1.54, 1.807) is 6.33 Å². The number of imidazole rings is 1. The number of hydrogen-bond donors (Lipinski definition) is 1. The molecule has 1 fully saturated rings. The first-order chi connectivity index (χ1) is 13.1. The Labute approximate surface area is 160 Å². The highest BCUT2D eigenvalue weighted by Crippen LogP contribution is 2.27. The van der Waals surface area contributed by atoms with E-state index in [0.29, 0.717) is 18.3 Å². The van der Waals surface area contributed by atoms with Crippen molar-refractivity contribution in [2.24, 2.45) is 0 Å². The topological polar surface area (TPSA) is 65.4 Å². The monoisotopic (exact) mass is 368 g/mol. The van der Waals surface area contributed by atoms with Gasteiger partial charge in [0.1, 0.15) is 5.76 Å². The molecule has 1 N–H and O–H groups in total. The second-order valence-electron chi connectivity index (χ2n) is 7.85. The molecule has 1 saturated carbocycles. The average Bonchev–Trinajstić information content (AvgIpc) is 3.31. The zero-order valence-electron chi connectivity index (χ0n) is 16.1. The minimum atomic E-state index is 0.0215. The van der Waals surface area contributed by atoms with Crippen molar-refractivity contribution in [2.45, 2.75) is 71.1 Å². The first-order valence-electron chi connectivity index (χ1n) is 9.97. The van der Waals surface area contributed by atoms with Gasteiger partial charge in [0.2, 0.25) is 0 Å². The third-order valence-corrected chi connectivity index (χ3v) is 5.55. The van der Waals surface area contributed by atoms with E-state index in [9.17, 15) is 4.79 Å². The van der Waals surface area contributed by atoms with Gasteiger partial charge in [-0.2, -0.15) is 0 Å². The molecule has 0 spiro atoms. The molecule has 3 heterocycles. The number of carbonyl (C=O) groups is 1. The van der Waals surface area contributed by atoms with Crippen LogP contribution in [-0.2, 0) is 13.1 Å². The summed E-state index contributed by atoms with van der Waals surface area (Å²) in [6.07, 6.45) is 11.6. The molecule has 0 unspecified atom stereocenters. The number of hydrogen-bond acceptors (Lipinski definition) is 4. The smallest absolute Gasteiger partial charge is 0.290 e. The predicted molar refractivity (Wildman–Crippen MR) is 104 cm³/mol. The Morgan fingerprint density at radius 2 is 2.15 bits per heavy atom. The molecule has 27 heavy (non-hydrogen) atoms. The highest BCUT2D eigenvalue weighted by atomic mass is 16.4. The number of amides is 1. The molecule has 4 rings (SSSR count). The lowest BCUT2D eigenvalue weighted by Crippen LogP contribution is -2.45. The quantitative estimate of drug-likeness (QED) is 0.860. The Hall–Kier alpha value is -2.50. The maximum absolute atomic E-state index is 13.1. The lowest BCUT2D eigenvalue weighted by molar-refractivity contribution is 0.0520. The summed E-state index contributed by atoms with van der Waals surface area (Å²) in [4.78, 5) is 24.7. The molecule has 1 aliphatic carbocycles. The Morgan fingerprint density at radius 3 is 2.93 bits per heavy atom. The van der Waals surface area contributed by atoms with Gasteiger partial charge in [-0.3, -0.25) is 4.79 Å². The van der Waals surface area contributed by atoms with Crippen LogP contribution < -0.4 is 0 Å². The maximum Gasteiger partial charge on any atom is 0.290 e. The van der Waals surface area contributed by atoms with Crippen molar-refractivity contribution in [1.29, 1.82) is 0 Å². The van der Waals surface area contributed by atoms with E-state index in [0.717, 1.165) is 36.5 Å². The van der Waals surface area contributed by atoms with Crippen molar-refractivity contribution in [3.63, 3.8) is 0 Å². The Morgan fingerprint density at radius 1 is 1.33 bits per heavy atom. The minimum absolute atomic E-state index is 0.0215. The fraction of sp³-hybridized carbons (Fsp3) is 0.524. The number of aromatic amines is 1. The van der Waals surface area contributed by atoms with E-state index >= 15 is 0 Å². The molecule has 6 nitrogen and oxygen atoms in total. The molecule has 0 bridgehead atoms. The maximum atomic E-state index is 13.1. The highest BCUT2D eigenvalue weighted by molar-refractivity contribution is 5.92. The minimum Gasteiger partial charge on any atom is -0.454 e. The number of nitrogens with zero attached hydrogens (tertiary/aromatic N) is 3. The molecule has 0 atom stereocenters. The largest absolute Gasteiger partial charge is 0.454 e. The van der Waals surface area contributed by atoms with Gasteiger partial charge >= 0.3 is 0 Å². The molecule has 2 aromatic rings. The van der Waals surface area contributed by atoms with Crippen molar-refractivity contribution < 1.29 is 9.21 Å². The van der Waals surface area contributed by atoms with Crippen LogP contribution in [0.1, 0.15) is 73.7 Å². The summed E-state index contributed by atoms with van der Waals surface area (Å²) in [5.41, 5.74) is 2.09. The van der Waals surface area contributed by atoms with Crippen molar-refractivity contribution in [3.8, 4) is 0 Å². The first-order valence-corrected chi connectivity index (χ1v) is 9.97. The normalized spacial score (nSPS) is 17.4. The molecule has 2 aromatic heterocycles. The molecular weight excluding hydrogens is 340 g/mol. The lowest BCUT2D eigenvalue weighted by Gasteiger charge is -2.36. The fourth-order valence-corrected chi connectivity index (χ4v) is 4.23. The predicted octanol–water partition coefficient (Wildman–Crippen LogP) is 4.17. The highest BCUT2D eigenvalue weighted by Gasteiger charge is 2.30.